The van der Waals surface area contributed by atoms with Crippen LogP contribution in [0, 0.1) is 0 Å². The number of hydrogen-bond acceptors (Lipinski definition) is 4. The first-order valence-electron chi connectivity index (χ1n) is 5.49. The van der Waals surface area contributed by atoms with Crippen LogP contribution in [0.25, 0.3) is 10.1 Å². The highest BCUT2D eigenvalue weighted by Gasteiger charge is 2.12. The number of aromatic nitrogens is 2. The maximum atomic E-state index is 12.2. The minimum atomic E-state index is -0.202. The number of carbonyl (C=O) groups is 1. The maximum absolute atomic E-state index is 12.2. The lowest BCUT2D eigenvalue weighted by atomic mass is 10.1. The van der Waals surface area contributed by atoms with Gasteiger partial charge in [0.15, 0.2) is 0 Å². The zero-order valence-electron chi connectivity index (χ0n) is 9.63. The molecule has 0 aliphatic carbocycles. The summed E-state index contributed by atoms with van der Waals surface area (Å²) in [6, 6.07) is 9.28. The van der Waals surface area contributed by atoms with Crippen LogP contribution < -0.4 is 5.32 Å². The van der Waals surface area contributed by atoms with Gasteiger partial charge in [0.2, 0.25) is 0 Å². The zero-order chi connectivity index (χ0) is 13.2. The molecule has 0 atom stereocenters. The SMILES string of the molecule is O=C(Nc1cc(Cl)ncn1)c1csc2ccccc12. The molecule has 6 heteroatoms. The number of halogens is 1. The van der Waals surface area contributed by atoms with Crippen LogP contribution in [0.3, 0.4) is 0 Å². The summed E-state index contributed by atoms with van der Waals surface area (Å²) < 4.78 is 1.08. The van der Waals surface area contributed by atoms with Gasteiger partial charge in [-0.3, -0.25) is 4.79 Å². The number of anilines is 1. The maximum Gasteiger partial charge on any atom is 0.258 e. The smallest absolute Gasteiger partial charge is 0.258 e. The molecule has 0 spiro atoms. The van der Waals surface area contributed by atoms with E-state index in [0.29, 0.717) is 16.5 Å². The standard InChI is InChI=1S/C13H8ClN3OS/c14-11-5-12(16-7-15-11)17-13(18)9-6-19-10-4-2-1-3-8(9)10/h1-7H,(H,15,16,17,18). The van der Waals surface area contributed by atoms with Crippen LogP contribution in [0.1, 0.15) is 10.4 Å². The Morgan fingerprint density at radius 1 is 1.26 bits per heavy atom. The Balaban J connectivity index is 1.92. The molecule has 2 aromatic heterocycles. The molecular formula is C13H8ClN3OS. The van der Waals surface area contributed by atoms with Crippen molar-refractivity contribution < 1.29 is 4.79 Å². The average molecular weight is 290 g/mol. The van der Waals surface area contributed by atoms with Crippen LogP contribution in [0.5, 0.6) is 0 Å². The Hall–Kier alpha value is -1.98. The molecule has 0 radical (unpaired) electrons. The van der Waals surface area contributed by atoms with Gasteiger partial charge in [-0.25, -0.2) is 9.97 Å². The minimum absolute atomic E-state index is 0.202. The third-order valence-corrected chi connectivity index (χ3v) is 3.77. The third kappa shape index (κ3) is 2.43. The number of fused-ring (bicyclic) bond motifs is 1. The Bertz CT molecular complexity index is 756. The molecule has 3 aromatic rings. The molecule has 1 N–H and O–H groups in total. The molecule has 0 saturated heterocycles. The van der Waals surface area contributed by atoms with Crippen molar-refractivity contribution >= 4 is 44.7 Å². The topological polar surface area (TPSA) is 54.9 Å². The summed E-state index contributed by atoms with van der Waals surface area (Å²) in [4.78, 5) is 19.9. The van der Waals surface area contributed by atoms with E-state index < -0.39 is 0 Å². The van der Waals surface area contributed by atoms with E-state index in [-0.39, 0.29) is 5.91 Å². The molecular weight excluding hydrogens is 282 g/mol. The van der Waals surface area contributed by atoms with Crippen molar-refractivity contribution in [2.24, 2.45) is 0 Å². The van der Waals surface area contributed by atoms with Gasteiger partial charge in [-0.2, -0.15) is 0 Å². The van der Waals surface area contributed by atoms with E-state index in [2.05, 4.69) is 15.3 Å². The number of nitrogens with one attached hydrogen (secondary N) is 1. The molecule has 0 saturated carbocycles. The van der Waals surface area contributed by atoms with Crippen LogP contribution in [0.15, 0.2) is 42.0 Å². The fourth-order valence-corrected chi connectivity index (χ4v) is 2.83. The number of rotatable bonds is 2. The van der Waals surface area contributed by atoms with Gasteiger partial charge in [0, 0.05) is 21.5 Å². The van der Waals surface area contributed by atoms with E-state index >= 15 is 0 Å². The minimum Gasteiger partial charge on any atom is -0.306 e. The second-order valence-corrected chi connectivity index (χ2v) is 5.12. The molecule has 0 aliphatic heterocycles. The highest BCUT2D eigenvalue weighted by Crippen LogP contribution is 2.26. The Labute approximate surface area is 118 Å². The summed E-state index contributed by atoms with van der Waals surface area (Å²) in [6.45, 7) is 0. The Morgan fingerprint density at radius 3 is 2.95 bits per heavy atom. The number of hydrogen-bond donors (Lipinski definition) is 1. The van der Waals surface area contributed by atoms with Gasteiger partial charge in [0.25, 0.3) is 5.91 Å². The molecule has 0 unspecified atom stereocenters. The van der Waals surface area contributed by atoms with E-state index in [1.165, 1.54) is 23.7 Å². The Kier molecular flexibility index (Phi) is 3.15. The van der Waals surface area contributed by atoms with Crippen LogP contribution in [-0.2, 0) is 0 Å². The fourth-order valence-electron chi connectivity index (χ4n) is 1.74. The number of carbonyl (C=O) groups excluding carboxylic acids is 1. The van der Waals surface area contributed by atoms with Crippen molar-refractivity contribution in [2.75, 3.05) is 5.32 Å². The lowest BCUT2D eigenvalue weighted by Crippen LogP contribution is -2.12. The summed E-state index contributed by atoms with van der Waals surface area (Å²) in [5, 5.41) is 5.77. The van der Waals surface area contributed by atoms with Crippen molar-refractivity contribution in [3.8, 4) is 0 Å². The lowest BCUT2D eigenvalue weighted by molar-refractivity contribution is 0.102. The second kappa shape index (κ2) is 4.95. The van der Waals surface area contributed by atoms with Crippen molar-refractivity contribution in [1.82, 2.24) is 9.97 Å². The summed E-state index contributed by atoms with van der Waals surface area (Å²) in [7, 11) is 0. The molecule has 19 heavy (non-hydrogen) atoms. The van der Waals surface area contributed by atoms with Gasteiger partial charge in [-0.1, -0.05) is 29.8 Å². The molecule has 0 aliphatic rings. The van der Waals surface area contributed by atoms with E-state index in [1.54, 1.807) is 0 Å². The number of nitrogens with zero attached hydrogens (tertiary/aromatic N) is 2. The van der Waals surface area contributed by atoms with Gasteiger partial charge in [-0.05, 0) is 6.07 Å². The van der Waals surface area contributed by atoms with Gasteiger partial charge in [0.1, 0.15) is 17.3 Å². The van der Waals surface area contributed by atoms with Crippen LogP contribution in [0.2, 0.25) is 5.15 Å². The van der Waals surface area contributed by atoms with Crippen molar-refractivity contribution in [3.05, 3.63) is 52.8 Å². The third-order valence-electron chi connectivity index (χ3n) is 2.60. The fraction of sp³-hybridized carbons (Fsp3) is 0. The van der Waals surface area contributed by atoms with Crippen LogP contribution in [-0.4, -0.2) is 15.9 Å². The molecule has 3 rings (SSSR count). The second-order valence-electron chi connectivity index (χ2n) is 3.83. The number of amides is 1. The quantitative estimate of drug-likeness (QED) is 0.733. The number of thiophene rings is 1. The first-order chi connectivity index (χ1) is 9.24. The average Bonchev–Trinajstić information content (AvgIpc) is 2.82. The highest BCUT2D eigenvalue weighted by atomic mass is 35.5. The zero-order valence-corrected chi connectivity index (χ0v) is 11.2. The molecule has 1 amide bonds. The molecule has 94 valence electrons. The first-order valence-corrected chi connectivity index (χ1v) is 6.75. The van der Waals surface area contributed by atoms with Crippen molar-refractivity contribution in [3.63, 3.8) is 0 Å². The summed E-state index contributed by atoms with van der Waals surface area (Å²) in [6.07, 6.45) is 1.31. The van der Waals surface area contributed by atoms with Crippen molar-refractivity contribution in [1.29, 1.82) is 0 Å². The summed E-state index contributed by atoms with van der Waals surface area (Å²) >= 11 is 7.28. The van der Waals surface area contributed by atoms with Gasteiger partial charge in [-0.15, -0.1) is 11.3 Å². The molecule has 2 heterocycles. The molecule has 0 bridgehead atoms. The summed E-state index contributed by atoms with van der Waals surface area (Å²) in [5.41, 5.74) is 0.635. The normalized spacial score (nSPS) is 10.6. The number of benzene rings is 1. The lowest BCUT2D eigenvalue weighted by Gasteiger charge is -2.03. The van der Waals surface area contributed by atoms with Gasteiger partial charge < -0.3 is 5.32 Å². The molecule has 0 fully saturated rings. The predicted octanol–water partition coefficient (Wildman–Crippen LogP) is 3.60. The largest absolute Gasteiger partial charge is 0.306 e. The molecule has 1 aromatic carbocycles. The summed E-state index contributed by atoms with van der Waals surface area (Å²) in [5.74, 6) is 0.187. The highest BCUT2D eigenvalue weighted by molar-refractivity contribution is 7.17. The van der Waals surface area contributed by atoms with Crippen molar-refractivity contribution in [2.45, 2.75) is 0 Å². The van der Waals surface area contributed by atoms with Crippen LogP contribution in [0.4, 0.5) is 5.82 Å². The monoisotopic (exact) mass is 289 g/mol. The van der Waals surface area contributed by atoms with Crippen LogP contribution >= 0.6 is 22.9 Å². The van der Waals surface area contributed by atoms with E-state index in [1.807, 2.05) is 29.6 Å². The van der Waals surface area contributed by atoms with E-state index in [0.717, 1.165) is 10.1 Å². The van der Waals surface area contributed by atoms with Gasteiger partial charge >= 0.3 is 0 Å². The molecule has 4 nitrogen and oxygen atoms in total. The van der Waals surface area contributed by atoms with Gasteiger partial charge in [0.05, 0.1) is 5.56 Å². The predicted molar refractivity (Wildman–Crippen MR) is 76.8 cm³/mol. The first kappa shape index (κ1) is 12.1. The van der Waals surface area contributed by atoms with E-state index in [4.69, 9.17) is 11.6 Å². The van der Waals surface area contributed by atoms with E-state index in [9.17, 15) is 4.79 Å². The Morgan fingerprint density at radius 2 is 2.11 bits per heavy atom.